The van der Waals surface area contributed by atoms with Gasteiger partial charge >= 0.3 is 0 Å². The molecule has 22 heavy (non-hydrogen) atoms. The second-order valence-corrected chi connectivity index (χ2v) is 7.23. The Morgan fingerprint density at radius 1 is 1.32 bits per heavy atom. The number of hydrazone groups is 1. The quantitative estimate of drug-likeness (QED) is 0.520. The lowest BCUT2D eigenvalue weighted by molar-refractivity contribution is 0.192. The fourth-order valence-corrected chi connectivity index (χ4v) is 2.69. The molecular formula is C17H22ClN3O. The number of hydrogen-bond donors (Lipinski definition) is 3. The van der Waals surface area contributed by atoms with Crippen LogP contribution in [-0.2, 0) is 0 Å². The van der Waals surface area contributed by atoms with Gasteiger partial charge in [-0.25, -0.2) is 0 Å². The van der Waals surface area contributed by atoms with Gasteiger partial charge in [0.15, 0.2) is 0 Å². The Kier molecular flexibility index (Phi) is 4.61. The van der Waals surface area contributed by atoms with Crippen LogP contribution in [0, 0.1) is 16.7 Å². The van der Waals surface area contributed by atoms with Gasteiger partial charge in [0.1, 0.15) is 11.5 Å². The molecule has 0 bridgehead atoms. The number of hydrogen-bond acceptors (Lipinski definition) is 4. The molecule has 2 rings (SSSR count). The van der Waals surface area contributed by atoms with E-state index in [-0.39, 0.29) is 17.0 Å². The minimum absolute atomic E-state index is 0.0343. The van der Waals surface area contributed by atoms with Gasteiger partial charge in [0.05, 0.1) is 11.4 Å². The van der Waals surface area contributed by atoms with Crippen molar-refractivity contribution < 1.29 is 5.11 Å². The van der Waals surface area contributed by atoms with E-state index in [2.05, 4.69) is 31.3 Å². The fourth-order valence-electron chi connectivity index (χ4n) is 2.52. The largest absolute Gasteiger partial charge is 0.510 e. The molecule has 2 aliphatic carbocycles. The monoisotopic (exact) mass is 319 g/mol. The minimum atomic E-state index is -0.0343. The summed E-state index contributed by atoms with van der Waals surface area (Å²) in [4.78, 5) is 0. The van der Waals surface area contributed by atoms with Crippen LogP contribution in [0.2, 0.25) is 0 Å². The third kappa shape index (κ3) is 3.69. The highest BCUT2D eigenvalue weighted by molar-refractivity contribution is 6.52. The van der Waals surface area contributed by atoms with Crippen LogP contribution in [0.3, 0.4) is 0 Å². The molecule has 0 saturated carbocycles. The highest BCUT2D eigenvalue weighted by Crippen LogP contribution is 2.39. The number of rotatable bonds is 2. The van der Waals surface area contributed by atoms with E-state index in [1.54, 1.807) is 12.2 Å². The third-order valence-corrected chi connectivity index (χ3v) is 4.06. The Bertz CT molecular complexity index is 645. The maximum Gasteiger partial charge on any atom is 0.121 e. The SMILES string of the molecule is CC1=CC(N/N=C2/C=CC(Cl)=CC2=N)=C(O)C(C(C)(C)C)C1. The summed E-state index contributed by atoms with van der Waals surface area (Å²) in [5.74, 6) is 0.373. The zero-order chi connectivity index (χ0) is 16.5. The van der Waals surface area contributed by atoms with Crippen molar-refractivity contribution in [1.82, 2.24) is 5.43 Å². The number of nitrogens with zero attached hydrogens (tertiary/aromatic N) is 1. The van der Waals surface area contributed by atoms with E-state index >= 15 is 0 Å². The Balaban J connectivity index is 2.25. The average molecular weight is 320 g/mol. The predicted octanol–water partition coefficient (Wildman–Crippen LogP) is 4.43. The molecule has 0 saturated heterocycles. The Morgan fingerprint density at radius 2 is 2.00 bits per heavy atom. The first-order valence-electron chi connectivity index (χ1n) is 7.26. The Labute approximate surface area is 136 Å². The van der Waals surface area contributed by atoms with Crippen LogP contribution >= 0.6 is 11.6 Å². The van der Waals surface area contributed by atoms with Crippen molar-refractivity contribution in [1.29, 1.82) is 5.41 Å². The van der Waals surface area contributed by atoms with Crippen molar-refractivity contribution in [3.63, 3.8) is 0 Å². The first-order chi connectivity index (χ1) is 10.2. The topological polar surface area (TPSA) is 68.5 Å². The van der Waals surface area contributed by atoms with Crippen molar-refractivity contribution in [2.45, 2.75) is 34.1 Å². The lowest BCUT2D eigenvalue weighted by Gasteiger charge is -2.33. The normalized spacial score (nSPS) is 24.5. The predicted molar refractivity (Wildman–Crippen MR) is 92.3 cm³/mol. The third-order valence-electron chi connectivity index (χ3n) is 3.82. The maximum atomic E-state index is 10.5. The van der Waals surface area contributed by atoms with Crippen molar-refractivity contribution in [2.24, 2.45) is 16.4 Å². The van der Waals surface area contributed by atoms with E-state index in [0.29, 0.717) is 22.2 Å². The van der Waals surface area contributed by atoms with Gasteiger partial charge < -0.3 is 5.11 Å². The van der Waals surface area contributed by atoms with Crippen LogP contribution in [0.15, 0.2) is 51.5 Å². The van der Waals surface area contributed by atoms with Crippen molar-refractivity contribution in [2.75, 3.05) is 0 Å². The van der Waals surface area contributed by atoms with Gasteiger partial charge in [-0.3, -0.25) is 10.8 Å². The molecule has 0 fully saturated rings. The summed E-state index contributed by atoms with van der Waals surface area (Å²) < 4.78 is 0. The summed E-state index contributed by atoms with van der Waals surface area (Å²) in [7, 11) is 0. The van der Waals surface area contributed by atoms with Gasteiger partial charge in [-0.2, -0.15) is 5.10 Å². The Morgan fingerprint density at radius 3 is 2.59 bits per heavy atom. The van der Waals surface area contributed by atoms with Crippen LogP contribution in [-0.4, -0.2) is 16.5 Å². The molecule has 0 aliphatic heterocycles. The number of nitrogens with one attached hydrogen (secondary N) is 2. The van der Waals surface area contributed by atoms with Crippen molar-refractivity contribution in [3.05, 3.63) is 46.4 Å². The molecule has 0 amide bonds. The van der Waals surface area contributed by atoms with Crippen molar-refractivity contribution >= 4 is 23.0 Å². The van der Waals surface area contributed by atoms with E-state index in [1.165, 1.54) is 11.6 Å². The molecule has 5 heteroatoms. The first kappa shape index (κ1) is 16.6. The summed E-state index contributed by atoms with van der Waals surface area (Å²) >= 11 is 5.84. The molecule has 4 nitrogen and oxygen atoms in total. The highest BCUT2D eigenvalue weighted by atomic mass is 35.5. The van der Waals surface area contributed by atoms with E-state index in [0.717, 1.165) is 6.42 Å². The van der Waals surface area contributed by atoms with Crippen LogP contribution in [0.25, 0.3) is 0 Å². The molecule has 1 atom stereocenters. The number of aliphatic hydroxyl groups excluding tert-OH is 1. The van der Waals surface area contributed by atoms with Crippen LogP contribution in [0.1, 0.15) is 34.1 Å². The second-order valence-electron chi connectivity index (χ2n) is 6.80. The van der Waals surface area contributed by atoms with E-state index in [1.807, 2.05) is 13.0 Å². The van der Waals surface area contributed by atoms with Gasteiger partial charge in [0, 0.05) is 11.0 Å². The summed E-state index contributed by atoms with van der Waals surface area (Å²) in [6.45, 7) is 8.39. The van der Waals surface area contributed by atoms with Gasteiger partial charge in [-0.1, -0.05) is 37.9 Å². The van der Waals surface area contributed by atoms with Crippen LogP contribution in [0.4, 0.5) is 0 Å². The van der Waals surface area contributed by atoms with E-state index < -0.39 is 0 Å². The standard InChI is InChI=1S/C17H22ClN3O/c1-10-7-12(17(2,3)4)16(22)15(8-10)21-20-14-6-5-11(18)9-13(14)19/h5-6,8-9,12,19,21-22H,7H2,1-4H3/b19-13?,20-14-. The van der Waals surface area contributed by atoms with Gasteiger partial charge in [-0.15, -0.1) is 0 Å². The number of allylic oxidation sites excluding steroid dienone is 7. The first-order valence-corrected chi connectivity index (χ1v) is 7.64. The molecule has 0 radical (unpaired) electrons. The maximum absolute atomic E-state index is 10.5. The van der Waals surface area contributed by atoms with Crippen LogP contribution < -0.4 is 5.43 Å². The molecule has 0 aromatic rings. The summed E-state index contributed by atoms with van der Waals surface area (Å²) in [5, 5.41) is 23.1. The van der Waals surface area contributed by atoms with Gasteiger partial charge in [0.25, 0.3) is 0 Å². The Hall–Kier alpha value is -1.81. The summed E-state index contributed by atoms with van der Waals surface area (Å²) in [6.07, 6.45) is 7.65. The van der Waals surface area contributed by atoms with E-state index in [4.69, 9.17) is 17.0 Å². The summed E-state index contributed by atoms with van der Waals surface area (Å²) in [6, 6.07) is 0. The molecular weight excluding hydrogens is 298 g/mol. The highest BCUT2D eigenvalue weighted by Gasteiger charge is 2.32. The molecule has 0 aromatic heterocycles. The summed E-state index contributed by atoms with van der Waals surface area (Å²) in [5.41, 5.74) is 5.37. The smallest absolute Gasteiger partial charge is 0.121 e. The zero-order valence-corrected chi connectivity index (χ0v) is 14.1. The minimum Gasteiger partial charge on any atom is -0.510 e. The van der Waals surface area contributed by atoms with E-state index in [9.17, 15) is 5.11 Å². The number of halogens is 1. The fraction of sp³-hybridized carbons (Fsp3) is 0.412. The van der Waals surface area contributed by atoms with Gasteiger partial charge in [-0.05, 0) is 43.1 Å². The van der Waals surface area contributed by atoms with Gasteiger partial charge in [0.2, 0.25) is 0 Å². The number of aliphatic hydroxyl groups is 1. The molecule has 0 heterocycles. The zero-order valence-electron chi connectivity index (χ0n) is 13.4. The second kappa shape index (κ2) is 6.13. The average Bonchev–Trinajstić information content (AvgIpc) is 2.39. The van der Waals surface area contributed by atoms with Crippen molar-refractivity contribution in [3.8, 4) is 0 Å². The van der Waals surface area contributed by atoms with Crippen LogP contribution in [0.5, 0.6) is 0 Å². The molecule has 3 N–H and O–H groups in total. The lowest BCUT2D eigenvalue weighted by Crippen LogP contribution is -2.28. The lowest BCUT2D eigenvalue weighted by atomic mass is 9.74. The molecule has 2 aliphatic rings. The molecule has 118 valence electrons. The molecule has 0 aromatic carbocycles. The molecule has 1 unspecified atom stereocenters. The molecule has 0 spiro atoms.